The summed E-state index contributed by atoms with van der Waals surface area (Å²) in [6.45, 7) is 1.27. The SMILES string of the molecule is COc1ccccc1C(=O)N1CCC(Nc2cc(-c3ccccc3O)nc3c(Br)cnn23)CC1. The number of methoxy groups -OCH3 is 1. The number of aromatic hydroxyl groups is 1. The number of rotatable bonds is 5. The number of phenols is 1. The molecule has 2 aromatic heterocycles. The highest BCUT2D eigenvalue weighted by molar-refractivity contribution is 9.10. The third-order valence-electron chi connectivity index (χ3n) is 6.08. The lowest BCUT2D eigenvalue weighted by Gasteiger charge is -2.33. The number of piperidine rings is 1. The number of carbonyl (C=O) groups excluding carboxylic acids is 1. The van der Waals surface area contributed by atoms with Gasteiger partial charge in [0.2, 0.25) is 0 Å². The molecule has 0 atom stereocenters. The first kappa shape index (κ1) is 22.2. The average Bonchev–Trinajstić information content (AvgIpc) is 3.25. The maximum Gasteiger partial charge on any atom is 0.257 e. The zero-order chi connectivity index (χ0) is 23.7. The number of para-hydroxylation sites is 2. The molecular weight excluding hydrogens is 498 g/mol. The zero-order valence-electron chi connectivity index (χ0n) is 18.6. The van der Waals surface area contributed by atoms with Crippen molar-refractivity contribution in [1.82, 2.24) is 19.5 Å². The molecule has 0 unspecified atom stereocenters. The molecule has 2 aromatic carbocycles. The number of ether oxygens (including phenoxy) is 1. The van der Waals surface area contributed by atoms with Crippen LogP contribution in [0.4, 0.5) is 5.82 Å². The van der Waals surface area contributed by atoms with Crippen LogP contribution in [0.15, 0.2) is 65.3 Å². The molecule has 1 amide bonds. The average molecular weight is 522 g/mol. The first-order valence-electron chi connectivity index (χ1n) is 11.1. The van der Waals surface area contributed by atoms with Crippen LogP contribution in [0.2, 0.25) is 0 Å². The number of likely N-dealkylation sites (tertiary alicyclic amines) is 1. The zero-order valence-corrected chi connectivity index (χ0v) is 20.2. The van der Waals surface area contributed by atoms with Crippen LogP contribution in [0.5, 0.6) is 11.5 Å². The summed E-state index contributed by atoms with van der Waals surface area (Å²) in [7, 11) is 1.58. The van der Waals surface area contributed by atoms with Crippen LogP contribution in [0.25, 0.3) is 16.9 Å². The van der Waals surface area contributed by atoms with E-state index in [1.165, 1.54) is 0 Å². The largest absolute Gasteiger partial charge is 0.507 e. The summed E-state index contributed by atoms with van der Waals surface area (Å²) in [4.78, 5) is 19.6. The highest BCUT2D eigenvalue weighted by Gasteiger charge is 2.26. The van der Waals surface area contributed by atoms with E-state index in [1.807, 2.05) is 35.2 Å². The lowest BCUT2D eigenvalue weighted by atomic mass is 10.0. The van der Waals surface area contributed by atoms with Crippen LogP contribution in [0.1, 0.15) is 23.2 Å². The van der Waals surface area contributed by atoms with E-state index in [9.17, 15) is 9.90 Å². The number of carbonyl (C=O) groups is 1. The molecule has 2 N–H and O–H groups in total. The van der Waals surface area contributed by atoms with Crippen LogP contribution in [-0.4, -0.2) is 56.8 Å². The van der Waals surface area contributed by atoms with Gasteiger partial charge in [0, 0.05) is 30.8 Å². The fourth-order valence-electron chi connectivity index (χ4n) is 4.29. The molecule has 0 saturated carbocycles. The monoisotopic (exact) mass is 521 g/mol. The van der Waals surface area contributed by atoms with E-state index in [1.54, 1.807) is 42.1 Å². The summed E-state index contributed by atoms with van der Waals surface area (Å²) in [6, 6.07) is 16.5. The number of benzene rings is 2. The minimum absolute atomic E-state index is 0.0138. The number of nitrogens with zero attached hydrogens (tertiary/aromatic N) is 4. The number of fused-ring (bicyclic) bond motifs is 1. The summed E-state index contributed by atoms with van der Waals surface area (Å²) < 4.78 is 7.88. The van der Waals surface area contributed by atoms with Gasteiger partial charge >= 0.3 is 0 Å². The van der Waals surface area contributed by atoms with Gasteiger partial charge in [-0.05, 0) is 53.0 Å². The summed E-state index contributed by atoms with van der Waals surface area (Å²) in [5.41, 5.74) is 2.55. The summed E-state index contributed by atoms with van der Waals surface area (Å²) >= 11 is 3.52. The van der Waals surface area contributed by atoms with Gasteiger partial charge < -0.3 is 20.1 Å². The number of halogens is 1. The van der Waals surface area contributed by atoms with E-state index in [-0.39, 0.29) is 17.7 Å². The number of amides is 1. The molecule has 8 nitrogen and oxygen atoms in total. The molecule has 1 saturated heterocycles. The molecule has 1 fully saturated rings. The Labute approximate surface area is 205 Å². The lowest BCUT2D eigenvalue weighted by Crippen LogP contribution is -2.42. The van der Waals surface area contributed by atoms with Crippen molar-refractivity contribution in [1.29, 1.82) is 0 Å². The number of aromatic nitrogens is 3. The molecule has 1 aliphatic heterocycles. The maximum absolute atomic E-state index is 13.0. The van der Waals surface area contributed by atoms with Crippen molar-refractivity contribution in [2.75, 3.05) is 25.5 Å². The number of anilines is 1. The Morgan fingerprint density at radius 1 is 1.15 bits per heavy atom. The minimum Gasteiger partial charge on any atom is -0.507 e. The first-order valence-corrected chi connectivity index (χ1v) is 11.9. The molecular formula is C25H24BrN5O3. The second-order valence-corrected chi connectivity index (χ2v) is 9.04. The summed E-state index contributed by atoms with van der Waals surface area (Å²) in [6.07, 6.45) is 3.29. The lowest BCUT2D eigenvalue weighted by molar-refractivity contribution is 0.0715. The van der Waals surface area contributed by atoms with E-state index >= 15 is 0 Å². The predicted molar refractivity (Wildman–Crippen MR) is 133 cm³/mol. The molecule has 174 valence electrons. The Balaban J connectivity index is 1.35. The summed E-state index contributed by atoms with van der Waals surface area (Å²) in [5.74, 6) is 1.53. The number of hydrogen-bond acceptors (Lipinski definition) is 6. The Hall–Kier alpha value is -3.59. The molecule has 0 spiro atoms. The van der Waals surface area contributed by atoms with Crippen LogP contribution < -0.4 is 10.1 Å². The van der Waals surface area contributed by atoms with E-state index in [0.29, 0.717) is 41.3 Å². The summed E-state index contributed by atoms with van der Waals surface area (Å²) in [5, 5.41) is 18.4. The smallest absolute Gasteiger partial charge is 0.257 e. The van der Waals surface area contributed by atoms with Gasteiger partial charge in [0.05, 0.1) is 29.0 Å². The van der Waals surface area contributed by atoms with Crippen molar-refractivity contribution in [3.63, 3.8) is 0 Å². The molecule has 4 aromatic rings. The van der Waals surface area contributed by atoms with Gasteiger partial charge in [0.15, 0.2) is 5.65 Å². The highest BCUT2D eigenvalue weighted by atomic mass is 79.9. The van der Waals surface area contributed by atoms with Crippen LogP contribution in [0.3, 0.4) is 0 Å². The van der Waals surface area contributed by atoms with Gasteiger partial charge in [0.1, 0.15) is 17.3 Å². The Morgan fingerprint density at radius 2 is 1.88 bits per heavy atom. The molecule has 0 radical (unpaired) electrons. The normalized spacial score (nSPS) is 14.4. The van der Waals surface area contributed by atoms with E-state index in [4.69, 9.17) is 9.72 Å². The molecule has 5 rings (SSSR count). The van der Waals surface area contributed by atoms with E-state index in [2.05, 4.69) is 26.3 Å². The number of phenolic OH excluding ortho intramolecular Hbond substituents is 1. The maximum atomic E-state index is 13.0. The topological polar surface area (TPSA) is 92.0 Å². The van der Waals surface area contributed by atoms with Crippen molar-refractivity contribution in [2.45, 2.75) is 18.9 Å². The fraction of sp³-hybridized carbons (Fsp3) is 0.240. The standard InChI is InChI=1S/C25H24BrN5O3/c1-34-22-9-5-3-7-18(22)25(33)30-12-10-16(11-13-30)28-23-14-20(17-6-2-4-8-21(17)32)29-24-19(26)15-27-31(23)24/h2-9,14-16,28,32H,10-13H2,1H3. The molecule has 0 aliphatic carbocycles. The van der Waals surface area contributed by atoms with Gasteiger partial charge in [-0.1, -0.05) is 24.3 Å². The molecule has 34 heavy (non-hydrogen) atoms. The Bertz CT molecular complexity index is 1350. The van der Waals surface area contributed by atoms with Crippen molar-refractivity contribution in [2.24, 2.45) is 0 Å². The van der Waals surface area contributed by atoms with Gasteiger partial charge in [-0.15, -0.1) is 0 Å². The minimum atomic E-state index is -0.0138. The van der Waals surface area contributed by atoms with Crippen LogP contribution in [-0.2, 0) is 0 Å². The fourth-order valence-corrected chi connectivity index (χ4v) is 4.64. The number of hydrogen-bond donors (Lipinski definition) is 2. The van der Waals surface area contributed by atoms with Gasteiger partial charge in [0.25, 0.3) is 5.91 Å². The highest BCUT2D eigenvalue weighted by Crippen LogP contribution is 2.32. The third-order valence-corrected chi connectivity index (χ3v) is 6.64. The van der Waals surface area contributed by atoms with Gasteiger partial charge in [-0.2, -0.15) is 9.61 Å². The van der Waals surface area contributed by atoms with Gasteiger partial charge in [-0.3, -0.25) is 4.79 Å². The van der Waals surface area contributed by atoms with Crippen LogP contribution in [0, 0.1) is 0 Å². The van der Waals surface area contributed by atoms with E-state index in [0.717, 1.165) is 23.1 Å². The second-order valence-electron chi connectivity index (χ2n) is 8.18. The molecule has 3 heterocycles. The molecule has 1 aliphatic rings. The Kier molecular flexibility index (Phi) is 6.10. The van der Waals surface area contributed by atoms with Crippen molar-refractivity contribution >= 4 is 33.3 Å². The van der Waals surface area contributed by atoms with Crippen LogP contribution >= 0.6 is 15.9 Å². The van der Waals surface area contributed by atoms with Gasteiger partial charge in [-0.25, -0.2) is 4.98 Å². The predicted octanol–water partition coefficient (Wildman–Crippen LogP) is 4.59. The van der Waals surface area contributed by atoms with Crippen molar-refractivity contribution in [3.05, 3.63) is 70.8 Å². The third kappa shape index (κ3) is 4.19. The molecule has 0 bridgehead atoms. The second kappa shape index (κ2) is 9.34. The molecule has 9 heteroatoms. The quantitative estimate of drug-likeness (QED) is 0.399. The number of nitrogens with one attached hydrogen (secondary N) is 1. The van der Waals surface area contributed by atoms with Crippen molar-refractivity contribution in [3.8, 4) is 22.8 Å². The van der Waals surface area contributed by atoms with E-state index < -0.39 is 0 Å². The van der Waals surface area contributed by atoms with Crippen molar-refractivity contribution < 1.29 is 14.6 Å². The first-order chi connectivity index (χ1) is 16.5. The Morgan fingerprint density at radius 3 is 2.65 bits per heavy atom.